The van der Waals surface area contributed by atoms with Crippen LogP contribution in [0, 0.1) is 0 Å². The number of hydrogen-bond donors (Lipinski definition) is 0. The molecule has 29 heavy (non-hydrogen) atoms. The largest absolute Gasteiger partial charge is 0.368 e. The van der Waals surface area contributed by atoms with Crippen LogP contribution >= 0.6 is 11.3 Å². The lowest BCUT2D eigenvalue weighted by Gasteiger charge is -2.36. The lowest BCUT2D eigenvalue weighted by molar-refractivity contribution is -0.132. The van der Waals surface area contributed by atoms with Crippen molar-refractivity contribution in [2.24, 2.45) is 0 Å². The van der Waals surface area contributed by atoms with Crippen LogP contribution in [0.5, 0.6) is 0 Å². The minimum absolute atomic E-state index is 0.0506. The summed E-state index contributed by atoms with van der Waals surface area (Å²) in [5.74, 6) is 0.277. The van der Waals surface area contributed by atoms with Crippen molar-refractivity contribution < 1.29 is 9.59 Å². The van der Waals surface area contributed by atoms with Crippen molar-refractivity contribution in [2.75, 3.05) is 31.1 Å². The van der Waals surface area contributed by atoms with Crippen LogP contribution < -0.4 is 4.90 Å². The Morgan fingerprint density at radius 2 is 1.66 bits per heavy atom. The molecule has 1 fully saturated rings. The number of anilines is 1. The number of piperazine rings is 1. The Labute approximate surface area is 175 Å². The fraction of sp³-hybridized carbons (Fsp3) is 0.304. The number of carbonyl (C=O) groups excluding carboxylic acids is 2. The molecule has 1 aliphatic heterocycles. The molecule has 1 atom stereocenters. The molecule has 1 aliphatic rings. The van der Waals surface area contributed by atoms with Crippen LogP contribution in [0.2, 0.25) is 0 Å². The van der Waals surface area contributed by atoms with Crippen molar-refractivity contribution in [1.29, 1.82) is 0 Å². The van der Waals surface area contributed by atoms with Gasteiger partial charge in [0.15, 0.2) is 5.78 Å². The highest BCUT2D eigenvalue weighted by molar-refractivity contribution is 7.10. The van der Waals surface area contributed by atoms with Gasteiger partial charge in [-0.25, -0.2) is 0 Å². The Hall–Kier alpha value is -2.86. The van der Waals surface area contributed by atoms with Crippen LogP contribution in [0.1, 0.15) is 34.6 Å². The number of benzene rings is 1. The molecule has 3 aromatic rings. The molecular formula is C23H25N3O2S. The zero-order chi connectivity index (χ0) is 20.2. The summed E-state index contributed by atoms with van der Waals surface area (Å²) in [5.41, 5.74) is 1.83. The summed E-state index contributed by atoms with van der Waals surface area (Å²) in [7, 11) is 0. The third-order valence-corrected chi connectivity index (χ3v) is 6.47. The third kappa shape index (κ3) is 4.43. The lowest BCUT2D eigenvalue weighted by Crippen LogP contribution is -2.49. The number of rotatable bonds is 6. The Kier molecular flexibility index (Phi) is 5.81. The van der Waals surface area contributed by atoms with Crippen LogP contribution in [0.25, 0.3) is 0 Å². The van der Waals surface area contributed by atoms with E-state index in [1.807, 2.05) is 59.8 Å². The summed E-state index contributed by atoms with van der Waals surface area (Å²) in [4.78, 5) is 29.9. The molecule has 6 heteroatoms. The Bertz CT molecular complexity index is 906. The minimum Gasteiger partial charge on any atom is -0.368 e. The van der Waals surface area contributed by atoms with E-state index in [0.29, 0.717) is 6.42 Å². The predicted octanol–water partition coefficient (Wildman–Crippen LogP) is 4.08. The highest BCUT2D eigenvalue weighted by Gasteiger charge is 2.25. The van der Waals surface area contributed by atoms with Crippen molar-refractivity contribution >= 4 is 28.7 Å². The SMILES string of the molecule is CC(=O)c1ccc(N2CCN(C(=O)CC(c3cccs3)n3cccc3)CC2)cc1. The highest BCUT2D eigenvalue weighted by Crippen LogP contribution is 2.27. The summed E-state index contributed by atoms with van der Waals surface area (Å²) in [6.07, 6.45) is 4.53. The smallest absolute Gasteiger partial charge is 0.225 e. The molecule has 1 saturated heterocycles. The van der Waals surface area contributed by atoms with Crippen molar-refractivity contribution in [3.63, 3.8) is 0 Å². The van der Waals surface area contributed by atoms with Gasteiger partial charge in [0.25, 0.3) is 0 Å². The highest BCUT2D eigenvalue weighted by atomic mass is 32.1. The van der Waals surface area contributed by atoms with E-state index in [9.17, 15) is 9.59 Å². The topological polar surface area (TPSA) is 45.6 Å². The number of thiophene rings is 1. The van der Waals surface area contributed by atoms with Crippen LogP contribution in [0.15, 0.2) is 66.3 Å². The molecule has 1 amide bonds. The molecule has 0 bridgehead atoms. The van der Waals surface area contributed by atoms with E-state index in [0.717, 1.165) is 37.4 Å². The van der Waals surface area contributed by atoms with Crippen LogP contribution in [-0.2, 0) is 4.79 Å². The average Bonchev–Trinajstić information content (AvgIpc) is 3.46. The van der Waals surface area contributed by atoms with Crippen molar-refractivity contribution in [1.82, 2.24) is 9.47 Å². The van der Waals surface area contributed by atoms with Gasteiger partial charge in [0.05, 0.1) is 12.5 Å². The first-order chi connectivity index (χ1) is 14.1. The molecule has 3 heterocycles. The zero-order valence-electron chi connectivity index (χ0n) is 16.5. The monoisotopic (exact) mass is 407 g/mol. The maximum absolute atomic E-state index is 13.0. The van der Waals surface area contributed by atoms with Crippen LogP contribution in [0.4, 0.5) is 5.69 Å². The average molecular weight is 408 g/mol. The molecule has 0 aliphatic carbocycles. The van der Waals surface area contributed by atoms with E-state index in [2.05, 4.69) is 20.9 Å². The fourth-order valence-corrected chi connectivity index (χ4v) is 4.64. The minimum atomic E-state index is 0.0506. The quantitative estimate of drug-likeness (QED) is 0.579. The molecule has 0 radical (unpaired) electrons. The molecule has 150 valence electrons. The number of carbonyl (C=O) groups is 2. The van der Waals surface area contributed by atoms with E-state index in [1.54, 1.807) is 18.3 Å². The molecule has 1 unspecified atom stereocenters. The van der Waals surface area contributed by atoms with Gasteiger partial charge in [-0.1, -0.05) is 6.07 Å². The second-order valence-corrected chi connectivity index (χ2v) is 8.32. The standard InChI is InChI=1S/C23H25N3O2S/c1-18(27)19-6-8-20(9-7-19)24-12-14-26(15-13-24)23(28)17-21(22-5-4-16-29-22)25-10-2-3-11-25/h2-11,16,21H,12-15,17H2,1H3. The van der Waals surface area contributed by atoms with Gasteiger partial charge in [0.1, 0.15) is 0 Å². The van der Waals surface area contributed by atoms with E-state index in [1.165, 1.54) is 4.88 Å². The molecule has 4 rings (SSSR count). The Morgan fingerprint density at radius 3 is 2.24 bits per heavy atom. The number of nitrogens with zero attached hydrogens (tertiary/aromatic N) is 3. The molecule has 0 saturated carbocycles. The maximum atomic E-state index is 13.0. The van der Waals surface area contributed by atoms with E-state index < -0.39 is 0 Å². The Morgan fingerprint density at radius 1 is 0.966 bits per heavy atom. The second-order valence-electron chi connectivity index (χ2n) is 7.34. The number of ketones is 1. The summed E-state index contributed by atoms with van der Waals surface area (Å²) in [6, 6.07) is 15.9. The third-order valence-electron chi connectivity index (χ3n) is 5.50. The van der Waals surface area contributed by atoms with Gasteiger partial charge in [-0.2, -0.15) is 0 Å². The second kappa shape index (κ2) is 8.66. The predicted molar refractivity (Wildman–Crippen MR) is 117 cm³/mol. The van der Waals surface area contributed by atoms with Crippen molar-refractivity contribution in [3.8, 4) is 0 Å². The van der Waals surface area contributed by atoms with Gasteiger partial charge in [0.2, 0.25) is 5.91 Å². The first-order valence-electron chi connectivity index (χ1n) is 9.91. The van der Waals surface area contributed by atoms with E-state index >= 15 is 0 Å². The maximum Gasteiger partial charge on any atom is 0.225 e. The van der Waals surface area contributed by atoms with Crippen molar-refractivity contribution in [2.45, 2.75) is 19.4 Å². The van der Waals surface area contributed by atoms with E-state index in [4.69, 9.17) is 0 Å². The summed E-state index contributed by atoms with van der Waals surface area (Å²) in [6.45, 7) is 4.62. The molecule has 0 N–H and O–H groups in total. The summed E-state index contributed by atoms with van der Waals surface area (Å²) < 4.78 is 2.12. The molecular weight excluding hydrogens is 382 g/mol. The molecule has 5 nitrogen and oxygen atoms in total. The van der Waals surface area contributed by atoms with Crippen molar-refractivity contribution in [3.05, 3.63) is 76.7 Å². The number of hydrogen-bond acceptors (Lipinski definition) is 4. The zero-order valence-corrected chi connectivity index (χ0v) is 17.3. The molecule has 0 spiro atoms. The number of Topliss-reactive ketones (excluding diaryl/α,β-unsaturated/α-hetero) is 1. The molecule has 2 aromatic heterocycles. The normalized spacial score (nSPS) is 15.3. The van der Waals surface area contributed by atoms with Gasteiger partial charge in [-0.3, -0.25) is 9.59 Å². The van der Waals surface area contributed by atoms with Gasteiger partial charge in [-0.15, -0.1) is 11.3 Å². The first kappa shape index (κ1) is 19.5. The van der Waals surface area contributed by atoms with Gasteiger partial charge in [-0.05, 0) is 54.8 Å². The lowest BCUT2D eigenvalue weighted by atomic mass is 10.1. The fourth-order valence-electron chi connectivity index (χ4n) is 3.80. The summed E-state index contributed by atoms with van der Waals surface area (Å²) in [5, 5.41) is 2.06. The van der Waals surface area contributed by atoms with Gasteiger partial charge in [0, 0.05) is 54.7 Å². The first-order valence-corrected chi connectivity index (χ1v) is 10.8. The van der Waals surface area contributed by atoms with Crippen LogP contribution in [-0.4, -0.2) is 47.3 Å². The van der Waals surface area contributed by atoms with E-state index in [-0.39, 0.29) is 17.7 Å². The Balaban J connectivity index is 1.38. The molecule has 1 aromatic carbocycles. The number of amides is 1. The van der Waals surface area contributed by atoms with Crippen LogP contribution in [0.3, 0.4) is 0 Å². The van der Waals surface area contributed by atoms with Gasteiger partial charge >= 0.3 is 0 Å². The number of aromatic nitrogens is 1. The summed E-state index contributed by atoms with van der Waals surface area (Å²) >= 11 is 1.69. The van der Waals surface area contributed by atoms with Gasteiger partial charge < -0.3 is 14.4 Å².